The van der Waals surface area contributed by atoms with E-state index >= 15 is 0 Å². The van der Waals surface area contributed by atoms with E-state index in [0.29, 0.717) is 0 Å². The van der Waals surface area contributed by atoms with Gasteiger partial charge in [0.15, 0.2) is 0 Å². The average Bonchev–Trinajstić information content (AvgIpc) is 3.18. The molecule has 6 atom stereocenters. The maximum Gasteiger partial charge on any atom is 0.0116 e. The molecule has 2 aliphatic carbocycles. The first-order valence-corrected chi connectivity index (χ1v) is 9.77. The summed E-state index contributed by atoms with van der Waals surface area (Å²) in [6.07, 6.45) is 13.3. The Morgan fingerprint density at radius 1 is 1.00 bits per heavy atom. The zero-order chi connectivity index (χ0) is 14.4. The Labute approximate surface area is 131 Å². The van der Waals surface area contributed by atoms with Crippen LogP contribution < -0.4 is 5.32 Å². The lowest BCUT2D eigenvalue weighted by Crippen LogP contribution is -2.54. The number of rotatable bonds is 5. The lowest BCUT2D eigenvalue weighted by atomic mass is 9.81. The van der Waals surface area contributed by atoms with Gasteiger partial charge in [-0.3, -0.25) is 4.90 Å². The fourth-order valence-corrected chi connectivity index (χ4v) is 6.50. The molecule has 0 aromatic carbocycles. The molecule has 2 aliphatic heterocycles. The van der Waals surface area contributed by atoms with Gasteiger partial charge in [0.1, 0.15) is 0 Å². The molecule has 1 N–H and O–H groups in total. The van der Waals surface area contributed by atoms with Crippen molar-refractivity contribution in [3.63, 3.8) is 0 Å². The second kappa shape index (κ2) is 5.85. The quantitative estimate of drug-likeness (QED) is 0.828. The standard InChI is InChI=1S/C19H34N2/c1-3-8-20-16-11-17-6-7-18(12-16)21(17)13(2)19-10-14-4-5-15(19)9-14/h13-20H,3-12H2,1-2H3. The second-order valence-corrected chi connectivity index (χ2v) is 8.53. The number of fused-ring (bicyclic) bond motifs is 4. The third-order valence-electron chi connectivity index (χ3n) is 7.36. The predicted octanol–water partition coefficient (Wildman–Crippen LogP) is 3.81. The molecule has 2 saturated heterocycles. The molecule has 0 amide bonds. The summed E-state index contributed by atoms with van der Waals surface area (Å²) in [5.74, 6) is 3.22. The third kappa shape index (κ3) is 2.57. The van der Waals surface area contributed by atoms with Crippen LogP contribution in [0.5, 0.6) is 0 Å². The average molecular weight is 290 g/mol. The van der Waals surface area contributed by atoms with Crippen molar-refractivity contribution >= 4 is 0 Å². The van der Waals surface area contributed by atoms with E-state index in [9.17, 15) is 0 Å². The summed E-state index contributed by atoms with van der Waals surface area (Å²) >= 11 is 0. The topological polar surface area (TPSA) is 15.3 Å². The van der Waals surface area contributed by atoms with Crippen molar-refractivity contribution < 1.29 is 0 Å². The van der Waals surface area contributed by atoms with Crippen molar-refractivity contribution in [3.8, 4) is 0 Å². The minimum atomic E-state index is 0.811. The van der Waals surface area contributed by atoms with Crippen molar-refractivity contribution in [2.75, 3.05) is 6.54 Å². The molecular weight excluding hydrogens is 256 g/mol. The molecule has 6 unspecified atom stereocenters. The molecule has 0 spiro atoms. The van der Waals surface area contributed by atoms with Crippen LogP contribution in [0.1, 0.15) is 71.6 Å². The fraction of sp³-hybridized carbons (Fsp3) is 1.00. The van der Waals surface area contributed by atoms with Crippen molar-refractivity contribution in [2.45, 2.75) is 95.8 Å². The van der Waals surface area contributed by atoms with Crippen LogP contribution in [0.3, 0.4) is 0 Å². The number of nitrogens with zero attached hydrogens (tertiary/aromatic N) is 1. The zero-order valence-corrected chi connectivity index (χ0v) is 14.1. The smallest absolute Gasteiger partial charge is 0.0116 e. The largest absolute Gasteiger partial charge is 0.314 e. The molecule has 0 aromatic heterocycles. The number of nitrogens with one attached hydrogen (secondary N) is 1. The lowest BCUT2D eigenvalue weighted by molar-refractivity contribution is 0.0344. The monoisotopic (exact) mass is 290 g/mol. The van der Waals surface area contributed by atoms with Gasteiger partial charge in [-0.15, -0.1) is 0 Å². The van der Waals surface area contributed by atoms with E-state index in [2.05, 4.69) is 24.1 Å². The van der Waals surface area contributed by atoms with E-state index in [1.54, 1.807) is 25.7 Å². The summed E-state index contributed by atoms with van der Waals surface area (Å²) in [5.41, 5.74) is 0. The van der Waals surface area contributed by atoms with E-state index in [0.717, 1.165) is 41.9 Å². The molecule has 4 rings (SSSR count). The van der Waals surface area contributed by atoms with Crippen LogP contribution in [0, 0.1) is 17.8 Å². The highest BCUT2D eigenvalue weighted by Gasteiger charge is 2.48. The first-order valence-electron chi connectivity index (χ1n) is 9.77. The van der Waals surface area contributed by atoms with E-state index in [1.807, 2.05) is 0 Å². The van der Waals surface area contributed by atoms with E-state index in [1.165, 1.54) is 38.6 Å². The van der Waals surface area contributed by atoms with Gasteiger partial charge >= 0.3 is 0 Å². The van der Waals surface area contributed by atoms with E-state index in [4.69, 9.17) is 0 Å². The summed E-state index contributed by atoms with van der Waals surface area (Å²) in [7, 11) is 0. The fourth-order valence-electron chi connectivity index (χ4n) is 6.50. The van der Waals surface area contributed by atoms with Crippen LogP contribution in [0.25, 0.3) is 0 Å². The van der Waals surface area contributed by atoms with E-state index in [-0.39, 0.29) is 0 Å². The molecule has 0 aromatic rings. The van der Waals surface area contributed by atoms with E-state index < -0.39 is 0 Å². The van der Waals surface area contributed by atoms with Gasteiger partial charge < -0.3 is 5.32 Å². The Balaban J connectivity index is 1.40. The lowest BCUT2D eigenvalue weighted by Gasteiger charge is -2.46. The minimum Gasteiger partial charge on any atom is -0.314 e. The normalized spacial score (nSPS) is 47.1. The number of hydrogen-bond donors (Lipinski definition) is 1. The molecular formula is C19H34N2. The summed E-state index contributed by atoms with van der Waals surface area (Å²) in [6.45, 7) is 6.08. The Bertz CT molecular complexity index is 355. The van der Waals surface area contributed by atoms with Crippen LogP contribution in [0.4, 0.5) is 0 Å². The molecule has 4 bridgehead atoms. The highest BCUT2D eigenvalue weighted by Crippen LogP contribution is 2.52. The summed E-state index contributed by atoms with van der Waals surface area (Å²) in [6, 6.07) is 3.47. The van der Waals surface area contributed by atoms with Crippen molar-refractivity contribution in [1.29, 1.82) is 0 Å². The van der Waals surface area contributed by atoms with Gasteiger partial charge in [-0.2, -0.15) is 0 Å². The minimum absolute atomic E-state index is 0.811. The van der Waals surface area contributed by atoms with Crippen molar-refractivity contribution in [3.05, 3.63) is 0 Å². The third-order valence-corrected chi connectivity index (χ3v) is 7.36. The highest BCUT2D eigenvalue weighted by molar-refractivity contribution is 5.03. The molecule has 4 fully saturated rings. The Morgan fingerprint density at radius 3 is 2.33 bits per heavy atom. The highest BCUT2D eigenvalue weighted by atomic mass is 15.3. The summed E-state index contributed by atoms with van der Waals surface area (Å²) in [5, 5.41) is 3.80. The van der Waals surface area contributed by atoms with Gasteiger partial charge in [0.2, 0.25) is 0 Å². The maximum atomic E-state index is 3.80. The van der Waals surface area contributed by atoms with Gasteiger partial charge in [0, 0.05) is 24.2 Å². The Hall–Kier alpha value is -0.0800. The van der Waals surface area contributed by atoms with Crippen LogP contribution in [0.2, 0.25) is 0 Å². The van der Waals surface area contributed by atoms with Gasteiger partial charge in [0.05, 0.1) is 0 Å². The second-order valence-electron chi connectivity index (χ2n) is 8.53. The SMILES string of the molecule is CCCNC1CC2CCC(C1)N2C(C)C1CC2CCC1C2. The first-order chi connectivity index (χ1) is 10.3. The van der Waals surface area contributed by atoms with Gasteiger partial charge in [-0.25, -0.2) is 0 Å². The summed E-state index contributed by atoms with van der Waals surface area (Å²) < 4.78 is 0. The van der Waals surface area contributed by atoms with Gasteiger partial charge in [-0.05, 0) is 82.6 Å². The molecule has 2 saturated carbocycles. The summed E-state index contributed by atoms with van der Waals surface area (Å²) in [4.78, 5) is 3.00. The van der Waals surface area contributed by atoms with Crippen molar-refractivity contribution in [2.24, 2.45) is 17.8 Å². The van der Waals surface area contributed by atoms with Gasteiger partial charge in [0.25, 0.3) is 0 Å². The maximum absolute atomic E-state index is 3.80. The van der Waals surface area contributed by atoms with Crippen LogP contribution in [0.15, 0.2) is 0 Å². The van der Waals surface area contributed by atoms with Crippen LogP contribution in [-0.2, 0) is 0 Å². The molecule has 120 valence electrons. The Kier molecular flexibility index (Phi) is 4.04. The molecule has 4 aliphatic rings. The zero-order valence-electron chi connectivity index (χ0n) is 14.1. The first kappa shape index (κ1) is 14.5. The van der Waals surface area contributed by atoms with Crippen LogP contribution in [-0.4, -0.2) is 35.6 Å². The Morgan fingerprint density at radius 2 is 1.76 bits per heavy atom. The predicted molar refractivity (Wildman–Crippen MR) is 88.4 cm³/mol. The molecule has 2 nitrogen and oxygen atoms in total. The number of piperidine rings is 1. The van der Waals surface area contributed by atoms with Crippen LogP contribution >= 0.6 is 0 Å². The molecule has 2 heteroatoms. The number of hydrogen-bond acceptors (Lipinski definition) is 2. The van der Waals surface area contributed by atoms with Gasteiger partial charge in [-0.1, -0.05) is 13.3 Å². The molecule has 21 heavy (non-hydrogen) atoms. The molecule has 0 radical (unpaired) electrons. The molecule has 2 heterocycles. The van der Waals surface area contributed by atoms with Crippen molar-refractivity contribution in [1.82, 2.24) is 10.2 Å².